The maximum absolute atomic E-state index is 11.4. The van der Waals surface area contributed by atoms with E-state index in [0.717, 1.165) is 43.9 Å². The van der Waals surface area contributed by atoms with Gasteiger partial charge in [-0.3, -0.25) is 4.79 Å². The standard InChI is InChI=1S/C13H22N2OS.C2H6/c1-4-8-15(6-3)9-7-14-11-10(5-2)12(16)13(11)17;1-2/h14H,4-9H2,1-3H3;1-2H3. The molecule has 1 rings (SSSR count). The van der Waals surface area contributed by atoms with Crippen LogP contribution in [0.25, 0.3) is 0 Å². The number of anilines is 1. The van der Waals surface area contributed by atoms with E-state index >= 15 is 0 Å². The Morgan fingerprint density at radius 2 is 1.79 bits per heavy atom. The minimum absolute atomic E-state index is 0.0610. The largest absolute Gasteiger partial charge is 0.382 e. The molecule has 19 heavy (non-hydrogen) atoms. The summed E-state index contributed by atoms with van der Waals surface area (Å²) in [5.41, 5.74) is 1.85. The van der Waals surface area contributed by atoms with E-state index in [9.17, 15) is 4.79 Å². The molecule has 0 heterocycles. The monoisotopic (exact) mass is 284 g/mol. The van der Waals surface area contributed by atoms with Gasteiger partial charge < -0.3 is 10.2 Å². The normalized spacial score (nSPS) is 10.4. The first-order valence-corrected chi connectivity index (χ1v) is 7.84. The molecule has 0 bridgehead atoms. The fourth-order valence-corrected chi connectivity index (χ4v) is 2.36. The number of hydrogen-bond acceptors (Lipinski definition) is 4. The number of likely N-dealkylation sites (N-methyl/N-ethyl adjacent to an activating group) is 1. The molecule has 0 aliphatic rings. The second kappa shape index (κ2) is 10.1. The zero-order valence-corrected chi connectivity index (χ0v) is 13.8. The van der Waals surface area contributed by atoms with Crippen LogP contribution in [0.1, 0.15) is 46.6 Å². The minimum atomic E-state index is 0.0610. The lowest BCUT2D eigenvalue weighted by Gasteiger charge is -2.21. The first kappa shape index (κ1) is 18.3. The van der Waals surface area contributed by atoms with Crippen LogP contribution < -0.4 is 10.7 Å². The van der Waals surface area contributed by atoms with Crippen molar-refractivity contribution in [3.8, 4) is 0 Å². The lowest BCUT2D eigenvalue weighted by molar-refractivity contribution is 0.300. The number of nitrogens with zero attached hydrogens (tertiary/aromatic N) is 1. The Balaban J connectivity index is 0.00000154. The zero-order chi connectivity index (χ0) is 14.8. The van der Waals surface area contributed by atoms with Crippen LogP contribution in [0, 0.1) is 4.51 Å². The van der Waals surface area contributed by atoms with Crippen LogP contribution in [0.2, 0.25) is 0 Å². The molecule has 0 aliphatic heterocycles. The molecule has 1 N–H and O–H groups in total. The van der Waals surface area contributed by atoms with Gasteiger partial charge in [0.25, 0.3) is 0 Å². The molecule has 0 saturated carbocycles. The fourth-order valence-electron chi connectivity index (χ4n) is 2.05. The van der Waals surface area contributed by atoms with Crippen molar-refractivity contribution >= 4 is 17.9 Å². The third-order valence-corrected chi connectivity index (χ3v) is 3.47. The van der Waals surface area contributed by atoms with Gasteiger partial charge in [0, 0.05) is 18.7 Å². The Morgan fingerprint density at radius 1 is 1.16 bits per heavy atom. The lowest BCUT2D eigenvalue weighted by atomic mass is 10.1. The average molecular weight is 284 g/mol. The van der Waals surface area contributed by atoms with Gasteiger partial charge in [-0.1, -0.05) is 46.8 Å². The Hall–Kier alpha value is -0.740. The summed E-state index contributed by atoms with van der Waals surface area (Å²) < 4.78 is 0.486. The van der Waals surface area contributed by atoms with Gasteiger partial charge in [0.2, 0.25) is 5.43 Å². The molecule has 0 unspecified atom stereocenters. The zero-order valence-electron chi connectivity index (χ0n) is 13.0. The summed E-state index contributed by atoms with van der Waals surface area (Å²) >= 11 is 5.05. The first-order chi connectivity index (χ1) is 9.15. The number of nitrogens with one attached hydrogen (secondary N) is 1. The lowest BCUT2D eigenvalue weighted by Crippen LogP contribution is -2.31. The third-order valence-electron chi connectivity index (χ3n) is 3.08. The van der Waals surface area contributed by atoms with Crippen LogP contribution in [0.5, 0.6) is 0 Å². The summed E-state index contributed by atoms with van der Waals surface area (Å²) in [6, 6.07) is 0. The highest BCUT2D eigenvalue weighted by Crippen LogP contribution is 2.17. The summed E-state index contributed by atoms with van der Waals surface area (Å²) in [5.74, 6) is 0. The van der Waals surface area contributed by atoms with E-state index < -0.39 is 0 Å². The predicted molar refractivity (Wildman–Crippen MR) is 87.5 cm³/mol. The fraction of sp³-hybridized carbons (Fsp3) is 0.733. The van der Waals surface area contributed by atoms with Gasteiger partial charge >= 0.3 is 0 Å². The van der Waals surface area contributed by atoms with E-state index in [1.54, 1.807) is 0 Å². The van der Waals surface area contributed by atoms with Crippen LogP contribution in [0.15, 0.2) is 4.79 Å². The molecule has 0 saturated heterocycles. The SMILES string of the molecule is CC.CCCN(CC)CCNc1c(CC)c(=O)c1=S. The molecule has 0 aromatic heterocycles. The first-order valence-electron chi connectivity index (χ1n) is 7.44. The number of rotatable bonds is 8. The quantitative estimate of drug-likeness (QED) is 0.742. The van der Waals surface area contributed by atoms with E-state index in [1.807, 2.05) is 20.8 Å². The second-order valence-electron chi connectivity index (χ2n) is 4.23. The number of hydrogen-bond donors (Lipinski definition) is 1. The smallest absolute Gasteiger partial charge is 0.204 e. The summed E-state index contributed by atoms with van der Waals surface area (Å²) in [4.78, 5) is 13.8. The van der Waals surface area contributed by atoms with E-state index in [2.05, 4.69) is 24.1 Å². The van der Waals surface area contributed by atoms with Gasteiger partial charge in [-0.25, -0.2) is 0 Å². The predicted octanol–water partition coefficient (Wildman–Crippen LogP) is 3.38. The molecular weight excluding hydrogens is 256 g/mol. The highest BCUT2D eigenvalue weighted by molar-refractivity contribution is 7.71. The molecule has 4 heteroatoms. The van der Waals surface area contributed by atoms with Crippen LogP contribution in [0.3, 0.4) is 0 Å². The molecule has 0 aliphatic carbocycles. The molecule has 110 valence electrons. The van der Waals surface area contributed by atoms with Crippen LogP contribution in [-0.2, 0) is 6.42 Å². The summed E-state index contributed by atoms with van der Waals surface area (Å²) in [6.07, 6.45) is 1.95. The van der Waals surface area contributed by atoms with Crippen LogP contribution in [0.4, 0.5) is 5.69 Å². The van der Waals surface area contributed by atoms with Crippen molar-refractivity contribution < 1.29 is 0 Å². The topological polar surface area (TPSA) is 32.3 Å². The van der Waals surface area contributed by atoms with Crippen molar-refractivity contribution in [2.45, 2.75) is 47.5 Å². The van der Waals surface area contributed by atoms with Gasteiger partial charge in [0.15, 0.2) is 0 Å². The van der Waals surface area contributed by atoms with Gasteiger partial charge in [0.1, 0.15) is 4.51 Å². The van der Waals surface area contributed by atoms with E-state index in [1.165, 1.54) is 6.42 Å². The maximum atomic E-state index is 11.4. The Bertz CT molecular complexity index is 422. The highest BCUT2D eigenvalue weighted by atomic mass is 32.1. The van der Waals surface area contributed by atoms with Crippen molar-refractivity contribution in [3.63, 3.8) is 0 Å². The molecule has 1 aromatic carbocycles. The Morgan fingerprint density at radius 3 is 2.26 bits per heavy atom. The molecule has 0 fully saturated rings. The third kappa shape index (κ3) is 5.03. The minimum Gasteiger partial charge on any atom is -0.382 e. The van der Waals surface area contributed by atoms with Crippen molar-refractivity contribution in [1.29, 1.82) is 0 Å². The van der Waals surface area contributed by atoms with E-state index in [0.29, 0.717) is 4.51 Å². The van der Waals surface area contributed by atoms with Gasteiger partial charge in [0.05, 0.1) is 5.69 Å². The molecule has 3 nitrogen and oxygen atoms in total. The van der Waals surface area contributed by atoms with Crippen molar-refractivity contribution in [2.24, 2.45) is 0 Å². The average Bonchev–Trinajstić information content (AvgIpc) is 2.46. The highest BCUT2D eigenvalue weighted by Gasteiger charge is 2.15. The molecule has 0 atom stereocenters. The summed E-state index contributed by atoms with van der Waals surface area (Å²) in [7, 11) is 0. The van der Waals surface area contributed by atoms with Crippen molar-refractivity contribution in [2.75, 3.05) is 31.5 Å². The Kier molecular flexibility index (Phi) is 9.70. The van der Waals surface area contributed by atoms with Crippen LogP contribution in [-0.4, -0.2) is 31.1 Å². The summed E-state index contributed by atoms with van der Waals surface area (Å²) in [6.45, 7) is 14.4. The van der Waals surface area contributed by atoms with Gasteiger partial charge in [-0.15, -0.1) is 0 Å². The Labute approximate surface area is 122 Å². The van der Waals surface area contributed by atoms with E-state index in [4.69, 9.17) is 12.2 Å². The van der Waals surface area contributed by atoms with E-state index in [-0.39, 0.29) is 5.43 Å². The molecule has 0 spiro atoms. The second-order valence-corrected chi connectivity index (χ2v) is 4.63. The van der Waals surface area contributed by atoms with Crippen molar-refractivity contribution in [3.05, 3.63) is 20.3 Å². The maximum Gasteiger partial charge on any atom is 0.204 e. The molecule has 1 aromatic rings. The van der Waals surface area contributed by atoms with Crippen LogP contribution >= 0.6 is 12.2 Å². The molecular formula is C15H28N2OS. The van der Waals surface area contributed by atoms with Gasteiger partial charge in [-0.2, -0.15) is 0 Å². The summed E-state index contributed by atoms with van der Waals surface area (Å²) in [5, 5.41) is 3.30. The molecule has 0 radical (unpaired) electrons. The van der Waals surface area contributed by atoms with Gasteiger partial charge in [-0.05, 0) is 25.9 Å². The van der Waals surface area contributed by atoms with Crippen molar-refractivity contribution in [1.82, 2.24) is 4.90 Å². The molecule has 0 amide bonds.